The van der Waals surface area contributed by atoms with Crippen LogP contribution >= 0.6 is 0 Å². The van der Waals surface area contributed by atoms with Gasteiger partial charge in [0.05, 0.1) is 5.60 Å². The van der Waals surface area contributed by atoms with E-state index < -0.39 is 5.60 Å². The summed E-state index contributed by atoms with van der Waals surface area (Å²) in [6.45, 7) is 2.70. The minimum absolute atomic E-state index is 0.413. The number of nitrogens with one attached hydrogen (secondary N) is 2. The summed E-state index contributed by atoms with van der Waals surface area (Å²) in [5, 5.41) is 16.0. The van der Waals surface area contributed by atoms with E-state index in [2.05, 4.69) is 20.6 Å². The van der Waals surface area contributed by atoms with Crippen LogP contribution in [0.2, 0.25) is 0 Å². The van der Waals surface area contributed by atoms with Crippen molar-refractivity contribution < 1.29 is 9.84 Å². The molecule has 0 bridgehead atoms. The minimum Gasteiger partial charge on any atom is -0.388 e. The highest BCUT2D eigenvalue weighted by Crippen LogP contribution is 2.11. The average molecular weight is 240 g/mol. The van der Waals surface area contributed by atoms with E-state index >= 15 is 0 Å². The lowest BCUT2D eigenvalue weighted by molar-refractivity contribution is 0.0357. The Morgan fingerprint density at radius 2 is 2.29 bits per heavy atom. The van der Waals surface area contributed by atoms with Crippen LogP contribution in [0, 0.1) is 0 Å². The molecule has 1 heterocycles. The van der Waals surface area contributed by atoms with Gasteiger partial charge in [-0.25, -0.2) is 4.98 Å². The van der Waals surface area contributed by atoms with E-state index in [4.69, 9.17) is 4.74 Å². The van der Waals surface area contributed by atoms with Gasteiger partial charge in [-0.15, -0.1) is 0 Å². The third kappa shape index (κ3) is 4.97. The van der Waals surface area contributed by atoms with Crippen LogP contribution in [0.1, 0.15) is 13.3 Å². The molecule has 3 N–H and O–H groups in total. The van der Waals surface area contributed by atoms with Crippen molar-refractivity contribution in [1.82, 2.24) is 9.97 Å². The van der Waals surface area contributed by atoms with Crippen LogP contribution in [0.15, 0.2) is 12.3 Å². The summed E-state index contributed by atoms with van der Waals surface area (Å²) in [5.41, 5.74) is -0.819. The molecule has 1 aromatic rings. The van der Waals surface area contributed by atoms with Crippen LogP contribution < -0.4 is 10.6 Å². The number of hydrogen-bond donors (Lipinski definition) is 3. The Balaban J connectivity index is 2.48. The zero-order valence-corrected chi connectivity index (χ0v) is 10.5. The van der Waals surface area contributed by atoms with Crippen molar-refractivity contribution in [2.45, 2.75) is 18.9 Å². The van der Waals surface area contributed by atoms with Gasteiger partial charge < -0.3 is 20.5 Å². The van der Waals surface area contributed by atoms with Gasteiger partial charge in [-0.05, 0) is 13.0 Å². The number of aliphatic hydroxyl groups is 1. The van der Waals surface area contributed by atoms with Crippen molar-refractivity contribution in [3.05, 3.63) is 12.3 Å². The molecule has 0 fully saturated rings. The van der Waals surface area contributed by atoms with E-state index in [0.29, 0.717) is 31.3 Å². The summed E-state index contributed by atoms with van der Waals surface area (Å²) in [5.74, 6) is 1.23. The zero-order chi connectivity index (χ0) is 12.7. The first-order valence-electron chi connectivity index (χ1n) is 5.53. The Morgan fingerprint density at radius 3 is 2.94 bits per heavy atom. The number of rotatable bonds is 7. The Labute approximate surface area is 101 Å². The van der Waals surface area contributed by atoms with Gasteiger partial charge in [0.2, 0.25) is 5.95 Å². The highest BCUT2D eigenvalue weighted by molar-refractivity contribution is 5.39. The van der Waals surface area contributed by atoms with Gasteiger partial charge in [-0.2, -0.15) is 4.98 Å². The normalized spacial score (nSPS) is 14.1. The molecule has 0 aliphatic heterocycles. The Bertz CT molecular complexity index is 344. The second-order valence-corrected chi connectivity index (χ2v) is 4.11. The standard InChI is InChI=1S/C11H20N4O2/c1-11(16,5-7-17-3)8-14-9-4-6-13-10(12-2)15-9/h4,6,16H,5,7-8H2,1-3H3,(H2,12,13,14,15). The van der Waals surface area contributed by atoms with Crippen molar-refractivity contribution in [3.8, 4) is 0 Å². The lowest BCUT2D eigenvalue weighted by Gasteiger charge is -2.23. The molecule has 0 saturated carbocycles. The summed E-state index contributed by atoms with van der Waals surface area (Å²) in [6, 6.07) is 1.76. The second-order valence-electron chi connectivity index (χ2n) is 4.11. The first-order chi connectivity index (χ1) is 8.07. The molecule has 1 unspecified atom stereocenters. The first kappa shape index (κ1) is 13.7. The molecule has 6 heteroatoms. The zero-order valence-electron chi connectivity index (χ0n) is 10.5. The minimum atomic E-state index is -0.819. The Kier molecular flexibility index (Phi) is 5.11. The van der Waals surface area contributed by atoms with Crippen molar-refractivity contribution in [3.63, 3.8) is 0 Å². The van der Waals surface area contributed by atoms with Crippen molar-refractivity contribution in [2.75, 3.05) is 37.9 Å². The molecule has 1 atom stereocenters. The van der Waals surface area contributed by atoms with E-state index in [1.54, 1.807) is 33.3 Å². The van der Waals surface area contributed by atoms with Gasteiger partial charge in [0, 0.05) is 39.9 Å². The number of hydrogen-bond acceptors (Lipinski definition) is 6. The average Bonchev–Trinajstić information content (AvgIpc) is 2.34. The molecule has 1 aromatic heterocycles. The van der Waals surface area contributed by atoms with E-state index in [9.17, 15) is 5.11 Å². The molecule has 0 amide bonds. The Morgan fingerprint density at radius 1 is 1.53 bits per heavy atom. The predicted molar refractivity (Wildman–Crippen MR) is 67.2 cm³/mol. The molecule has 0 saturated heterocycles. The summed E-state index contributed by atoms with van der Waals surface area (Å²) < 4.78 is 4.94. The number of nitrogens with zero attached hydrogens (tertiary/aromatic N) is 2. The molecule has 0 aliphatic rings. The van der Waals surface area contributed by atoms with Crippen LogP contribution in [0.3, 0.4) is 0 Å². The van der Waals surface area contributed by atoms with Gasteiger partial charge >= 0.3 is 0 Å². The quantitative estimate of drug-likeness (QED) is 0.651. The SMILES string of the molecule is CNc1nccc(NCC(C)(O)CCOC)n1. The number of ether oxygens (including phenoxy) is 1. The van der Waals surface area contributed by atoms with Gasteiger partial charge in [0.25, 0.3) is 0 Å². The molecule has 1 rings (SSSR count). The van der Waals surface area contributed by atoms with E-state index in [1.165, 1.54) is 0 Å². The molecule has 0 radical (unpaired) electrons. The van der Waals surface area contributed by atoms with Crippen molar-refractivity contribution in [2.24, 2.45) is 0 Å². The fourth-order valence-electron chi connectivity index (χ4n) is 1.27. The van der Waals surface area contributed by atoms with Crippen LogP contribution in [-0.2, 0) is 4.74 Å². The van der Waals surface area contributed by atoms with Crippen LogP contribution in [0.5, 0.6) is 0 Å². The smallest absolute Gasteiger partial charge is 0.224 e. The summed E-state index contributed by atoms with van der Waals surface area (Å²) in [6.07, 6.45) is 2.23. The monoisotopic (exact) mass is 240 g/mol. The molecule has 0 spiro atoms. The highest BCUT2D eigenvalue weighted by Gasteiger charge is 2.19. The molecular formula is C11H20N4O2. The third-order valence-electron chi connectivity index (χ3n) is 2.37. The van der Waals surface area contributed by atoms with Gasteiger partial charge in [-0.3, -0.25) is 0 Å². The maximum absolute atomic E-state index is 10.0. The number of anilines is 2. The number of aromatic nitrogens is 2. The predicted octanol–water partition coefficient (Wildman–Crippen LogP) is 0.718. The van der Waals surface area contributed by atoms with Gasteiger partial charge in [0.15, 0.2) is 0 Å². The first-order valence-corrected chi connectivity index (χ1v) is 5.53. The molecule has 6 nitrogen and oxygen atoms in total. The fraction of sp³-hybridized carbons (Fsp3) is 0.636. The topological polar surface area (TPSA) is 79.3 Å². The van der Waals surface area contributed by atoms with Crippen LogP contribution in [0.25, 0.3) is 0 Å². The summed E-state index contributed by atoms with van der Waals surface area (Å²) >= 11 is 0. The number of methoxy groups -OCH3 is 1. The van der Waals surface area contributed by atoms with E-state index in [-0.39, 0.29) is 0 Å². The highest BCUT2D eigenvalue weighted by atomic mass is 16.5. The van der Waals surface area contributed by atoms with Gasteiger partial charge in [-0.1, -0.05) is 0 Å². The lowest BCUT2D eigenvalue weighted by atomic mass is 10.0. The van der Waals surface area contributed by atoms with Crippen molar-refractivity contribution in [1.29, 1.82) is 0 Å². The summed E-state index contributed by atoms with van der Waals surface area (Å²) in [4.78, 5) is 8.21. The Hall–Kier alpha value is -1.40. The lowest BCUT2D eigenvalue weighted by Crippen LogP contribution is -2.34. The molecule has 96 valence electrons. The summed E-state index contributed by atoms with van der Waals surface area (Å²) in [7, 11) is 3.38. The second kappa shape index (κ2) is 6.36. The molecule has 17 heavy (non-hydrogen) atoms. The van der Waals surface area contributed by atoms with Crippen LogP contribution in [-0.4, -0.2) is 48.0 Å². The molecular weight excluding hydrogens is 220 g/mol. The van der Waals surface area contributed by atoms with E-state index in [0.717, 1.165) is 0 Å². The molecule has 0 aliphatic carbocycles. The molecule has 0 aromatic carbocycles. The third-order valence-corrected chi connectivity index (χ3v) is 2.37. The van der Waals surface area contributed by atoms with Gasteiger partial charge in [0.1, 0.15) is 5.82 Å². The maximum Gasteiger partial charge on any atom is 0.224 e. The fourth-order valence-corrected chi connectivity index (χ4v) is 1.27. The van der Waals surface area contributed by atoms with E-state index in [1.807, 2.05) is 0 Å². The van der Waals surface area contributed by atoms with Crippen molar-refractivity contribution >= 4 is 11.8 Å². The van der Waals surface area contributed by atoms with Crippen LogP contribution in [0.4, 0.5) is 11.8 Å². The largest absolute Gasteiger partial charge is 0.388 e. The maximum atomic E-state index is 10.0.